The molecule has 0 radical (unpaired) electrons. The number of halogens is 1. The van der Waals surface area contributed by atoms with Crippen molar-refractivity contribution in [2.24, 2.45) is 11.5 Å². The van der Waals surface area contributed by atoms with Crippen LogP contribution in [0.25, 0.3) is 0 Å². The van der Waals surface area contributed by atoms with Crippen LogP contribution in [0.1, 0.15) is 17.3 Å². The number of methoxy groups -OCH3 is 1. The quantitative estimate of drug-likeness (QED) is 0.725. The van der Waals surface area contributed by atoms with Gasteiger partial charge in [0.15, 0.2) is 11.6 Å². The van der Waals surface area contributed by atoms with Gasteiger partial charge < -0.3 is 15.4 Å². The molecule has 0 aliphatic carbocycles. The maximum Gasteiger partial charge on any atom is 0.178 e. The summed E-state index contributed by atoms with van der Waals surface area (Å²) in [6.45, 7) is 0.561. The molecule has 3 aromatic rings. The van der Waals surface area contributed by atoms with Crippen LogP contribution in [0, 0.1) is 5.82 Å². The zero-order valence-electron chi connectivity index (χ0n) is 15.6. The van der Waals surface area contributed by atoms with Gasteiger partial charge in [-0.05, 0) is 23.8 Å². The highest BCUT2D eigenvalue weighted by atomic mass is 19.1. The highest BCUT2D eigenvalue weighted by molar-refractivity contribution is 5.73. The number of hydrogen-bond donors (Lipinski definition) is 2. The number of rotatable bonds is 4. The van der Waals surface area contributed by atoms with Crippen LogP contribution in [-0.2, 0) is 6.54 Å². The molecular formula is C22H23FN4O. The van der Waals surface area contributed by atoms with Crippen LogP contribution in [0.2, 0.25) is 0 Å². The molecule has 2 unspecified atom stereocenters. The van der Waals surface area contributed by atoms with Crippen molar-refractivity contribution in [3.05, 3.63) is 89.7 Å². The van der Waals surface area contributed by atoms with Crippen LogP contribution < -0.4 is 21.1 Å². The van der Waals surface area contributed by atoms with Gasteiger partial charge in [-0.3, -0.25) is 5.73 Å². The molecular weight excluding hydrogens is 355 g/mol. The lowest BCUT2D eigenvalue weighted by Gasteiger charge is -2.47. The Morgan fingerprint density at radius 3 is 2.32 bits per heavy atom. The molecule has 0 saturated carbocycles. The summed E-state index contributed by atoms with van der Waals surface area (Å²) in [4.78, 5) is 3.87. The van der Waals surface area contributed by atoms with Gasteiger partial charge in [-0.15, -0.1) is 0 Å². The fourth-order valence-electron chi connectivity index (χ4n) is 3.74. The van der Waals surface area contributed by atoms with Crippen molar-refractivity contribution in [2.75, 3.05) is 12.0 Å². The Balaban J connectivity index is 1.83. The summed E-state index contributed by atoms with van der Waals surface area (Å²) in [6, 6.07) is 22.6. The third-order valence-corrected chi connectivity index (χ3v) is 5.09. The Bertz CT molecular complexity index is 966. The smallest absolute Gasteiger partial charge is 0.178 e. The SMILES string of the molecule is COc1c(F)cccc1N1c2ccccc2C(N)N(Cc2ccccc2)C1N. The van der Waals surface area contributed by atoms with Gasteiger partial charge in [0, 0.05) is 12.1 Å². The van der Waals surface area contributed by atoms with Gasteiger partial charge in [-0.1, -0.05) is 54.6 Å². The lowest BCUT2D eigenvalue weighted by molar-refractivity contribution is 0.121. The second kappa shape index (κ2) is 7.59. The van der Waals surface area contributed by atoms with Crippen LogP contribution in [0.4, 0.5) is 15.8 Å². The zero-order chi connectivity index (χ0) is 19.7. The van der Waals surface area contributed by atoms with Crippen molar-refractivity contribution in [1.82, 2.24) is 4.90 Å². The summed E-state index contributed by atoms with van der Waals surface area (Å²) < 4.78 is 19.7. The zero-order valence-corrected chi connectivity index (χ0v) is 15.6. The maximum atomic E-state index is 14.4. The second-order valence-electron chi connectivity index (χ2n) is 6.74. The first kappa shape index (κ1) is 18.4. The number of nitrogens with zero attached hydrogens (tertiary/aromatic N) is 2. The predicted molar refractivity (Wildman–Crippen MR) is 108 cm³/mol. The molecule has 4 rings (SSSR count). The Morgan fingerprint density at radius 1 is 0.893 bits per heavy atom. The minimum Gasteiger partial charge on any atom is -0.492 e. The molecule has 144 valence electrons. The van der Waals surface area contributed by atoms with Crippen molar-refractivity contribution < 1.29 is 9.13 Å². The standard InChI is InChI=1S/C22H23FN4O/c1-28-20-17(23)11-7-13-19(20)27-18-12-6-5-10-16(18)21(24)26(22(27)25)14-15-8-3-2-4-9-15/h2-13,21-22H,14,24-25H2,1H3. The van der Waals surface area contributed by atoms with E-state index >= 15 is 0 Å². The lowest BCUT2D eigenvalue weighted by atomic mass is 10.0. The normalized spacial score (nSPS) is 19.4. The van der Waals surface area contributed by atoms with Gasteiger partial charge in [-0.2, -0.15) is 0 Å². The first-order valence-electron chi connectivity index (χ1n) is 9.13. The molecule has 0 aromatic heterocycles. The molecule has 0 fully saturated rings. The van der Waals surface area contributed by atoms with Crippen molar-refractivity contribution in [3.8, 4) is 5.75 Å². The third-order valence-electron chi connectivity index (χ3n) is 5.09. The van der Waals surface area contributed by atoms with Gasteiger partial charge in [0.05, 0.1) is 24.7 Å². The molecule has 1 aliphatic heterocycles. The van der Waals surface area contributed by atoms with Crippen LogP contribution in [-0.4, -0.2) is 18.3 Å². The topological polar surface area (TPSA) is 67.8 Å². The molecule has 0 saturated heterocycles. The van der Waals surface area contributed by atoms with E-state index in [1.54, 1.807) is 12.1 Å². The van der Waals surface area contributed by atoms with Crippen LogP contribution in [0.3, 0.4) is 0 Å². The molecule has 6 heteroatoms. The summed E-state index contributed by atoms with van der Waals surface area (Å²) in [7, 11) is 1.46. The average molecular weight is 378 g/mol. The van der Waals surface area contributed by atoms with Gasteiger partial charge in [0.2, 0.25) is 0 Å². The van der Waals surface area contributed by atoms with E-state index in [9.17, 15) is 4.39 Å². The Kier molecular flexibility index (Phi) is 5.00. The molecule has 4 N–H and O–H groups in total. The van der Waals surface area contributed by atoms with E-state index in [-0.39, 0.29) is 11.9 Å². The molecule has 3 aromatic carbocycles. The van der Waals surface area contributed by atoms with Crippen LogP contribution >= 0.6 is 0 Å². The van der Waals surface area contributed by atoms with Gasteiger partial charge in [0.25, 0.3) is 0 Å². The second-order valence-corrected chi connectivity index (χ2v) is 6.74. The average Bonchev–Trinajstić information content (AvgIpc) is 2.72. The Labute approximate surface area is 163 Å². The number of benzene rings is 3. The van der Waals surface area contributed by atoms with Crippen LogP contribution in [0.15, 0.2) is 72.8 Å². The summed E-state index contributed by atoms with van der Waals surface area (Å²) in [5.74, 6) is -0.281. The number of nitrogens with two attached hydrogens (primary N) is 2. The minimum atomic E-state index is -0.596. The van der Waals surface area contributed by atoms with Gasteiger partial charge in [-0.25, -0.2) is 9.29 Å². The number of fused-ring (bicyclic) bond motifs is 1. The van der Waals surface area contributed by atoms with E-state index in [4.69, 9.17) is 16.2 Å². The predicted octanol–water partition coefficient (Wildman–Crippen LogP) is 3.69. The molecule has 0 spiro atoms. The first-order chi connectivity index (χ1) is 13.6. The van der Waals surface area contributed by atoms with Crippen molar-refractivity contribution in [2.45, 2.75) is 19.0 Å². The highest BCUT2D eigenvalue weighted by Gasteiger charge is 2.37. The molecule has 1 heterocycles. The van der Waals surface area contributed by atoms with E-state index < -0.39 is 12.1 Å². The number of para-hydroxylation sites is 2. The van der Waals surface area contributed by atoms with Crippen molar-refractivity contribution in [1.29, 1.82) is 0 Å². The number of ether oxygens (including phenoxy) is 1. The maximum absolute atomic E-state index is 14.4. The van der Waals surface area contributed by atoms with E-state index in [1.807, 2.05) is 64.4 Å². The summed E-state index contributed by atoms with van der Waals surface area (Å²) in [5, 5.41) is 0. The summed E-state index contributed by atoms with van der Waals surface area (Å²) in [5.41, 5.74) is 16.7. The lowest BCUT2D eigenvalue weighted by Crippen LogP contribution is -2.58. The molecule has 2 atom stereocenters. The summed E-state index contributed by atoms with van der Waals surface area (Å²) >= 11 is 0. The molecule has 5 nitrogen and oxygen atoms in total. The number of hydrogen-bond acceptors (Lipinski definition) is 5. The van der Waals surface area contributed by atoms with Gasteiger partial charge >= 0.3 is 0 Å². The van der Waals surface area contributed by atoms with Crippen molar-refractivity contribution in [3.63, 3.8) is 0 Å². The fraction of sp³-hybridized carbons (Fsp3) is 0.182. The van der Waals surface area contributed by atoms with Crippen LogP contribution in [0.5, 0.6) is 5.75 Å². The minimum absolute atomic E-state index is 0.155. The Morgan fingerprint density at radius 2 is 1.57 bits per heavy atom. The third kappa shape index (κ3) is 3.11. The number of anilines is 2. The van der Waals surface area contributed by atoms with E-state index in [1.165, 1.54) is 13.2 Å². The van der Waals surface area contributed by atoms with E-state index in [0.29, 0.717) is 12.2 Å². The van der Waals surface area contributed by atoms with E-state index in [0.717, 1.165) is 16.8 Å². The Hall–Kier alpha value is -2.93. The molecule has 0 bridgehead atoms. The molecule has 0 amide bonds. The van der Waals surface area contributed by atoms with E-state index in [2.05, 4.69) is 0 Å². The first-order valence-corrected chi connectivity index (χ1v) is 9.13. The largest absolute Gasteiger partial charge is 0.492 e. The fourth-order valence-corrected chi connectivity index (χ4v) is 3.74. The molecule has 1 aliphatic rings. The van der Waals surface area contributed by atoms with Gasteiger partial charge in [0.1, 0.15) is 6.29 Å². The monoisotopic (exact) mass is 378 g/mol. The van der Waals surface area contributed by atoms with Crippen molar-refractivity contribution >= 4 is 11.4 Å². The molecule has 28 heavy (non-hydrogen) atoms. The highest BCUT2D eigenvalue weighted by Crippen LogP contribution is 2.43. The summed E-state index contributed by atoms with van der Waals surface area (Å²) in [6.07, 6.45) is -0.983.